The maximum Gasteiger partial charge on any atom is 0.125 e. The first kappa shape index (κ1) is 16.4. The van der Waals surface area contributed by atoms with Gasteiger partial charge in [0.05, 0.1) is 18.5 Å². The van der Waals surface area contributed by atoms with Gasteiger partial charge in [-0.1, -0.05) is 12.1 Å². The minimum atomic E-state index is -1.10. The molecule has 126 valence electrons. The Morgan fingerprint density at radius 3 is 2.67 bits per heavy atom. The summed E-state index contributed by atoms with van der Waals surface area (Å²) in [6.07, 6.45) is 5.01. The van der Waals surface area contributed by atoms with Gasteiger partial charge >= 0.3 is 0 Å². The van der Waals surface area contributed by atoms with Gasteiger partial charge in [-0.15, -0.1) is 0 Å². The van der Waals surface area contributed by atoms with E-state index < -0.39 is 5.60 Å². The number of rotatable bonds is 6. The number of hydrogen-bond donors (Lipinski definition) is 2. The SMILES string of the molecule is Cn1cc([C@](C)(O)CN[C@@H](c2ccc(F)cc2)c2ccco2)cn1. The third-order valence-electron chi connectivity index (χ3n) is 4.01. The van der Waals surface area contributed by atoms with Crippen molar-refractivity contribution in [1.29, 1.82) is 0 Å². The van der Waals surface area contributed by atoms with Crippen molar-refractivity contribution < 1.29 is 13.9 Å². The number of furan rings is 1. The van der Waals surface area contributed by atoms with Gasteiger partial charge in [-0.05, 0) is 36.8 Å². The number of aryl methyl sites for hydroxylation is 1. The molecule has 2 atom stereocenters. The van der Waals surface area contributed by atoms with Crippen molar-refractivity contribution in [2.24, 2.45) is 7.05 Å². The molecule has 0 aliphatic rings. The number of nitrogens with one attached hydrogen (secondary N) is 1. The maximum atomic E-state index is 13.2. The molecule has 0 radical (unpaired) electrons. The number of nitrogens with zero attached hydrogens (tertiary/aromatic N) is 2. The first-order valence-corrected chi connectivity index (χ1v) is 7.69. The highest BCUT2D eigenvalue weighted by molar-refractivity contribution is 5.27. The van der Waals surface area contributed by atoms with Gasteiger partial charge in [0.1, 0.15) is 17.2 Å². The molecule has 24 heavy (non-hydrogen) atoms. The van der Waals surface area contributed by atoms with E-state index in [1.165, 1.54) is 12.1 Å². The molecule has 2 aromatic heterocycles. The fourth-order valence-electron chi connectivity index (χ4n) is 2.60. The van der Waals surface area contributed by atoms with E-state index in [0.717, 1.165) is 11.1 Å². The second-order valence-corrected chi connectivity index (χ2v) is 6.06. The molecule has 0 aliphatic carbocycles. The number of benzene rings is 1. The average Bonchev–Trinajstić information content (AvgIpc) is 3.21. The molecule has 0 saturated heterocycles. The van der Waals surface area contributed by atoms with Crippen LogP contribution in [0.2, 0.25) is 0 Å². The molecule has 0 saturated carbocycles. The van der Waals surface area contributed by atoms with E-state index in [0.29, 0.717) is 5.76 Å². The monoisotopic (exact) mass is 329 g/mol. The molecule has 3 rings (SSSR count). The van der Waals surface area contributed by atoms with Crippen LogP contribution in [0.1, 0.15) is 29.9 Å². The van der Waals surface area contributed by atoms with Crippen molar-refractivity contribution >= 4 is 0 Å². The molecule has 5 nitrogen and oxygen atoms in total. The van der Waals surface area contributed by atoms with Crippen molar-refractivity contribution in [1.82, 2.24) is 15.1 Å². The molecule has 0 unspecified atom stereocenters. The topological polar surface area (TPSA) is 63.2 Å². The smallest absolute Gasteiger partial charge is 0.125 e. The van der Waals surface area contributed by atoms with E-state index in [4.69, 9.17) is 4.42 Å². The van der Waals surface area contributed by atoms with Crippen LogP contribution in [0.3, 0.4) is 0 Å². The van der Waals surface area contributed by atoms with Crippen LogP contribution in [0.15, 0.2) is 59.5 Å². The molecule has 2 heterocycles. The quantitative estimate of drug-likeness (QED) is 0.730. The molecular formula is C18H20FN3O2. The number of aromatic nitrogens is 2. The summed E-state index contributed by atoms with van der Waals surface area (Å²) in [7, 11) is 1.80. The van der Waals surface area contributed by atoms with Crippen LogP contribution in [-0.2, 0) is 12.6 Å². The van der Waals surface area contributed by atoms with Gasteiger partial charge in [-0.25, -0.2) is 4.39 Å². The lowest BCUT2D eigenvalue weighted by atomic mass is 9.97. The molecule has 0 amide bonds. The van der Waals surface area contributed by atoms with Crippen LogP contribution in [0.4, 0.5) is 4.39 Å². The van der Waals surface area contributed by atoms with Gasteiger partial charge in [0.2, 0.25) is 0 Å². The first-order chi connectivity index (χ1) is 11.5. The summed E-state index contributed by atoms with van der Waals surface area (Å²) in [5, 5.41) is 18.1. The zero-order chi connectivity index (χ0) is 17.2. The lowest BCUT2D eigenvalue weighted by Crippen LogP contribution is -2.37. The van der Waals surface area contributed by atoms with Gasteiger partial charge in [0.25, 0.3) is 0 Å². The van der Waals surface area contributed by atoms with Crippen LogP contribution in [0.5, 0.6) is 0 Å². The summed E-state index contributed by atoms with van der Waals surface area (Å²) in [5.41, 5.74) is 0.474. The average molecular weight is 329 g/mol. The number of halogens is 1. The zero-order valence-electron chi connectivity index (χ0n) is 13.6. The van der Waals surface area contributed by atoms with E-state index in [1.54, 1.807) is 55.5 Å². The lowest BCUT2D eigenvalue weighted by Gasteiger charge is -2.26. The van der Waals surface area contributed by atoms with E-state index in [9.17, 15) is 9.50 Å². The summed E-state index contributed by atoms with van der Waals surface area (Å²) >= 11 is 0. The first-order valence-electron chi connectivity index (χ1n) is 7.69. The maximum absolute atomic E-state index is 13.2. The van der Waals surface area contributed by atoms with Crippen LogP contribution >= 0.6 is 0 Å². The predicted molar refractivity (Wildman–Crippen MR) is 87.7 cm³/mol. The summed E-state index contributed by atoms with van der Waals surface area (Å²) in [6.45, 7) is 2.00. The summed E-state index contributed by atoms with van der Waals surface area (Å²) < 4.78 is 20.3. The van der Waals surface area contributed by atoms with Crippen molar-refractivity contribution in [3.8, 4) is 0 Å². The molecular weight excluding hydrogens is 309 g/mol. The third-order valence-corrected chi connectivity index (χ3v) is 4.01. The number of hydrogen-bond acceptors (Lipinski definition) is 4. The van der Waals surface area contributed by atoms with Crippen molar-refractivity contribution in [3.63, 3.8) is 0 Å². The highest BCUT2D eigenvalue weighted by atomic mass is 19.1. The van der Waals surface area contributed by atoms with Gasteiger partial charge in [-0.3, -0.25) is 4.68 Å². The van der Waals surface area contributed by atoms with Crippen LogP contribution < -0.4 is 5.32 Å². The molecule has 6 heteroatoms. The van der Waals surface area contributed by atoms with E-state index >= 15 is 0 Å². The molecule has 0 aliphatic heterocycles. The Bertz CT molecular complexity index is 779. The van der Waals surface area contributed by atoms with Crippen molar-refractivity contribution in [2.45, 2.75) is 18.6 Å². The Morgan fingerprint density at radius 2 is 2.08 bits per heavy atom. The number of aliphatic hydroxyl groups is 1. The zero-order valence-corrected chi connectivity index (χ0v) is 13.6. The van der Waals surface area contributed by atoms with Crippen molar-refractivity contribution in [3.05, 3.63) is 77.8 Å². The summed E-state index contributed by atoms with van der Waals surface area (Å²) in [6, 6.07) is 9.58. The normalized spacial score (nSPS) is 15.2. The molecule has 1 aromatic carbocycles. The van der Waals surface area contributed by atoms with E-state index in [2.05, 4.69) is 10.4 Å². The summed E-state index contributed by atoms with van der Waals surface area (Å²) in [5.74, 6) is 0.405. The summed E-state index contributed by atoms with van der Waals surface area (Å²) in [4.78, 5) is 0. The highest BCUT2D eigenvalue weighted by Crippen LogP contribution is 2.25. The molecule has 0 spiro atoms. The molecule has 2 N–H and O–H groups in total. The van der Waals surface area contributed by atoms with Crippen LogP contribution in [0, 0.1) is 5.82 Å². The minimum absolute atomic E-state index is 0.279. The Labute approximate surface area is 139 Å². The van der Waals surface area contributed by atoms with Gasteiger partial charge in [0, 0.05) is 25.4 Å². The Hall–Kier alpha value is -2.44. The minimum Gasteiger partial charge on any atom is -0.467 e. The third kappa shape index (κ3) is 3.55. The fraction of sp³-hybridized carbons (Fsp3) is 0.278. The molecule has 0 bridgehead atoms. The van der Waals surface area contributed by atoms with E-state index in [1.807, 2.05) is 6.07 Å². The highest BCUT2D eigenvalue weighted by Gasteiger charge is 2.27. The molecule has 0 fully saturated rings. The molecule has 3 aromatic rings. The second-order valence-electron chi connectivity index (χ2n) is 6.06. The standard InChI is InChI=1S/C18H20FN3O2/c1-18(23,14-10-21-22(2)11-14)12-20-17(16-4-3-9-24-16)13-5-7-15(19)8-6-13/h3-11,17,20,23H,12H2,1-2H3/t17-,18+/m0/s1. The van der Waals surface area contributed by atoms with Gasteiger partial charge in [-0.2, -0.15) is 5.10 Å². The van der Waals surface area contributed by atoms with Crippen molar-refractivity contribution in [2.75, 3.05) is 6.54 Å². The van der Waals surface area contributed by atoms with Crippen LogP contribution in [0.25, 0.3) is 0 Å². The Morgan fingerprint density at radius 1 is 1.33 bits per heavy atom. The van der Waals surface area contributed by atoms with E-state index in [-0.39, 0.29) is 18.4 Å². The predicted octanol–water partition coefficient (Wildman–Crippen LogP) is 2.74. The Kier molecular flexibility index (Phi) is 4.51. The Balaban J connectivity index is 1.81. The second kappa shape index (κ2) is 6.59. The van der Waals surface area contributed by atoms with Gasteiger partial charge in [0.15, 0.2) is 0 Å². The van der Waals surface area contributed by atoms with Gasteiger partial charge < -0.3 is 14.8 Å². The van der Waals surface area contributed by atoms with Crippen LogP contribution in [-0.4, -0.2) is 21.4 Å². The lowest BCUT2D eigenvalue weighted by molar-refractivity contribution is 0.0543. The largest absolute Gasteiger partial charge is 0.467 e. The fourth-order valence-corrected chi connectivity index (χ4v) is 2.60.